The summed E-state index contributed by atoms with van der Waals surface area (Å²) in [6.07, 6.45) is 3.20. The van der Waals surface area contributed by atoms with Crippen molar-refractivity contribution in [2.45, 2.75) is 26.7 Å². The molecule has 1 aromatic rings. The second-order valence-electron chi connectivity index (χ2n) is 4.84. The van der Waals surface area contributed by atoms with E-state index in [0.717, 1.165) is 12.1 Å². The molecule has 0 radical (unpaired) electrons. The highest BCUT2D eigenvalue weighted by Gasteiger charge is 2.19. The molecule has 0 aromatic carbocycles. The van der Waals surface area contributed by atoms with Gasteiger partial charge in [0.1, 0.15) is 0 Å². The van der Waals surface area contributed by atoms with Crippen molar-refractivity contribution in [3.63, 3.8) is 0 Å². The fourth-order valence-corrected chi connectivity index (χ4v) is 1.43. The summed E-state index contributed by atoms with van der Waals surface area (Å²) in [6.45, 7) is 5.19. The van der Waals surface area contributed by atoms with Crippen LogP contribution in [0.3, 0.4) is 0 Å². The zero-order valence-electron chi connectivity index (χ0n) is 10.0. The Bertz CT molecular complexity index is 317. The molecule has 16 heavy (non-hydrogen) atoms. The predicted molar refractivity (Wildman–Crippen MR) is 65.0 cm³/mol. The molecule has 90 valence electrons. The minimum absolute atomic E-state index is 0.0713. The molecule has 0 fully saturated rings. The lowest BCUT2D eigenvalue weighted by atomic mass is 9.89. The van der Waals surface area contributed by atoms with Crippen molar-refractivity contribution in [2.75, 3.05) is 13.1 Å². The van der Waals surface area contributed by atoms with E-state index in [0.29, 0.717) is 19.5 Å². The molecule has 0 saturated carbocycles. The first-order valence-corrected chi connectivity index (χ1v) is 5.62. The maximum absolute atomic E-state index is 11.6. The van der Waals surface area contributed by atoms with Gasteiger partial charge in [-0.1, -0.05) is 13.8 Å². The standard InChI is InChI=1S/C12H21N3O/c1-12(2,9-13)8-11(16)15-7-5-10-4-3-6-14-10/h3-4,6,14H,5,7-9,13H2,1-2H3,(H,15,16). The molecule has 0 aliphatic heterocycles. The molecule has 1 aromatic heterocycles. The van der Waals surface area contributed by atoms with Crippen molar-refractivity contribution >= 4 is 5.91 Å². The molecule has 1 heterocycles. The number of nitrogens with one attached hydrogen (secondary N) is 2. The van der Waals surface area contributed by atoms with Gasteiger partial charge >= 0.3 is 0 Å². The molecule has 0 spiro atoms. The third-order valence-electron chi connectivity index (χ3n) is 2.57. The lowest BCUT2D eigenvalue weighted by Gasteiger charge is -2.21. The van der Waals surface area contributed by atoms with E-state index < -0.39 is 0 Å². The van der Waals surface area contributed by atoms with Gasteiger partial charge in [0, 0.05) is 31.3 Å². The van der Waals surface area contributed by atoms with Gasteiger partial charge in [-0.05, 0) is 24.1 Å². The summed E-state index contributed by atoms with van der Waals surface area (Å²) in [4.78, 5) is 14.7. The van der Waals surface area contributed by atoms with E-state index in [4.69, 9.17) is 5.73 Å². The molecule has 4 heteroatoms. The van der Waals surface area contributed by atoms with Gasteiger partial charge in [0.15, 0.2) is 0 Å². The Hall–Kier alpha value is -1.29. The van der Waals surface area contributed by atoms with Crippen molar-refractivity contribution in [1.82, 2.24) is 10.3 Å². The number of aromatic amines is 1. The Morgan fingerprint density at radius 2 is 2.31 bits per heavy atom. The maximum Gasteiger partial charge on any atom is 0.220 e. The summed E-state index contributed by atoms with van der Waals surface area (Å²) in [5.41, 5.74) is 6.60. The van der Waals surface area contributed by atoms with Gasteiger partial charge in [0.05, 0.1) is 0 Å². The first kappa shape index (κ1) is 12.8. The van der Waals surface area contributed by atoms with E-state index in [1.54, 1.807) is 0 Å². The normalized spacial score (nSPS) is 11.4. The quantitative estimate of drug-likeness (QED) is 0.674. The van der Waals surface area contributed by atoms with E-state index >= 15 is 0 Å². The maximum atomic E-state index is 11.6. The second-order valence-corrected chi connectivity index (χ2v) is 4.84. The minimum atomic E-state index is -0.115. The molecular weight excluding hydrogens is 202 g/mol. The van der Waals surface area contributed by atoms with Crippen LogP contribution in [0.1, 0.15) is 26.0 Å². The Morgan fingerprint density at radius 1 is 1.56 bits per heavy atom. The van der Waals surface area contributed by atoms with Crippen LogP contribution in [0.25, 0.3) is 0 Å². The Balaban J connectivity index is 2.20. The number of H-pyrrole nitrogens is 1. The van der Waals surface area contributed by atoms with Crippen LogP contribution in [0.2, 0.25) is 0 Å². The van der Waals surface area contributed by atoms with Crippen LogP contribution in [0.5, 0.6) is 0 Å². The van der Waals surface area contributed by atoms with Gasteiger partial charge in [0.25, 0.3) is 0 Å². The molecular formula is C12H21N3O. The number of carbonyl (C=O) groups excluding carboxylic acids is 1. The number of rotatable bonds is 6. The minimum Gasteiger partial charge on any atom is -0.365 e. The third kappa shape index (κ3) is 4.49. The van der Waals surface area contributed by atoms with Crippen LogP contribution in [-0.4, -0.2) is 24.0 Å². The molecule has 0 atom stereocenters. The topological polar surface area (TPSA) is 70.9 Å². The van der Waals surface area contributed by atoms with Crippen LogP contribution in [-0.2, 0) is 11.2 Å². The molecule has 0 unspecified atom stereocenters. The van der Waals surface area contributed by atoms with Gasteiger partial charge in [-0.2, -0.15) is 0 Å². The fraction of sp³-hybridized carbons (Fsp3) is 0.583. The van der Waals surface area contributed by atoms with Crippen molar-refractivity contribution < 1.29 is 4.79 Å². The first-order chi connectivity index (χ1) is 7.53. The predicted octanol–water partition coefficient (Wildman–Crippen LogP) is 1.05. The van der Waals surface area contributed by atoms with Gasteiger partial charge < -0.3 is 16.0 Å². The van der Waals surface area contributed by atoms with Gasteiger partial charge in [-0.15, -0.1) is 0 Å². The molecule has 0 aliphatic rings. The Morgan fingerprint density at radius 3 is 2.88 bits per heavy atom. The van der Waals surface area contributed by atoms with E-state index in [9.17, 15) is 4.79 Å². The monoisotopic (exact) mass is 223 g/mol. The number of nitrogens with two attached hydrogens (primary N) is 1. The number of carbonyl (C=O) groups is 1. The van der Waals surface area contributed by atoms with Gasteiger partial charge in [-0.3, -0.25) is 4.79 Å². The summed E-state index contributed by atoms with van der Waals surface area (Å²) in [5.74, 6) is 0.0713. The number of aromatic nitrogens is 1. The lowest BCUT2D eigenvalue weighted by molar-refractivity contribution is -0.122. The average molecular weight is 223 g/mol. The van der Waals surface area contributed by atoms with Crippen LogP contribution >= 0.6 is 0 Å². The van der Waals surface area contributed by atoms with Crippen molar-refractivity contribution in [1.29, 1.82) is 0 Å². The second kappa shape index (κ2) is 5.70. The van der Waals surface area contributed by atoms with Crippen LogP contribution in [0.15, 0.2) is 18.3 Å². The molecule has 1 amide bonds. The highest BCUT2D eigenvalue weighted by Crippen LogP contribution is 2.17. The smallest absolute Gasteiger partial charge is 0.220 e. The van der Waals surface area contributed by atoms with Crippen molar-refractivity contribution in [3.8, 4) is 0 Å². The Kier molecular flexibility index (Phi) is 4.55. The van der Waals surface area contributed by atoms with Crippen LogP contribution in [0.4, 0.5) is 0 Å². The van der Waals surface area contributed by atoms with Crippen molar-refractivity contribution in [3.05, 3.63) is 24.0 Å². The van der Waals surface area contributed by atoms with E-state index in [1.807, 2.05) is 32.2 Å². The number of hydrogen-bond donors (Lipinski definition) is 3. The SMILES string of the molecule is CC(C)(CN)CC(=O)NCCc1ccc[nH]1. The number of hydrogen-bond acceptors (Lipinski definition) is 2. The summed E-state index contributed by atoms with van der Waals surface area (Å²) >= 11 is 0. The van der Waals surface area contributed by atoms with E-state index in [2.05, 4.69) is 10.3 Å². The van der Waals surface area contributed by atoms with E-state index in [1.165, 1.54) is 0 Å². The molecule has 4 nitrogen and oxygen atoms in total. The molecule has 0 saturated heterocycles. The largest absolute Gasteiger partial charge is 0.365 e. The zero-order valence-corrected chi connectivity index (χ0v) is 10.0. The molecule has 0 aliphatic carbocycles. The fourth-order valence-electron chi connectivity index (χ4n) is 1.43. The summed E-state index contributed by atoms with van der Waals surface area (Å²) < 4.78 is 0. The number of amides is 1. The highest BCUT2D eigenvalue weighted by atomic mass is 16.1. The third-order valence-corrected chi connectivity index (χ3v) is 2.57. The summed E-state index contributed by atoms with van der Waals surface area (Å²) in [7, 11) is 0. The summed E-state index contributed by atoms with van der Waals surface area (Å²) in [5, 5.41) is 2.90. The van der Waals surface area contributed by atoms with Crippen molar-refractivity contribution in [2.24, 2.45) is 11.1 Å². The van der Waals surface area contributed by atoms with Gasteiger partial charge in [0.2, 0.25) is 5.91 Å². The first-order valence-electron chi connectivity index (χ1n) is 5.62. The van der Waals surface area contributed by atoms with Crippen LogP contribution < -0.4 is 11.1 Å². The molecule has 4 N–H and O–H groups in total. The Labute approximate surface area is 96.6 Å². The summed E-state index contributed by atoms with van der Waals surface area (Å²) in [6, 6.07) is 3.96. The van der Waals surface area contributed by atoms with E-state index in [-0.39, 0.29) is 11.3 Å². The lowest BCUT2D eigenvalue weighted by Crippen LogP contribution is -2.33. The van der Waals surface area contributed by atoms with Gasteiger partial charge in [-0.25, -0.2) is 0 Å². The zero-order chi connectivity index (χ0) is 12.0. The molecule has 0 bridgehead atoms. The van der Waals surface area contributed by atoms with Crippen LogP contribution in [0, 0.1) is 5.41 Å². The highest BCUT2D eigenvalue weighted by molar-refractivity contribution is 5.76. The molecule has 1 rings (SSSR count). The average Bonchev–Trinajstić information content (AvgIpc) is 2.70.